The van der Waals surface area contributed by atoms with Crippen LogP contribution in [0.5, 0.6) is 0 Å². The van der Waals surface area contributed by atoms with Gasteiger partial charge < -0.3 is 5.73 Å². The lowest BCUT2D eigenvalue weighted by atomic mass is 9.85. The molecule has 0 amide bonds. The summed E-state index contributed by atoms with van der Waals surface area (Å²) in [5.41, 5.74) is 7.95. The third-order valence-electron chi connectivity index (χ3n) is 3.03. The summed E-state index contributed by atoms with van der Waals surface area (Å²) in [7, 11) is 0. The quantitative estimate of drug-likeness (QED) is 0.847. The predicted molar refractivity (Wildman–Crippen MR) is 71.5 cm³/mol. The van der Waals surface area contributed by atoms with Crippen molar-refractivity contribution in [3.05, 3.63) is 17.3 Å². The Kier molecular flexibility index (Phi) is 6.68. The molecule has 1 aromatic heterocycles. The zero-order chi connectivity index (χ0) is 9.97. The second-order valence-corrected chi connectivity index (χ2v) is 4.17. The molecule has 0 atom stereocenters. The number of hydrogen-bond donors (Lipinski definition) is 1. The molecule has 16 heavy (non-hydrogen) atoms. The highest BCUT2D eigenvalue weighted by atomic mass is 35.5. The van der Waals surface area contributed by atoms with Crippen LogP contribution in [-0.2, 0) is 0 Å². The van der Waals surface area contributed by atoms with Crippen molar-refractivity contribution >= 4 is 30.6 Å². The van der Waals surface area contributed by atoms with Crippen molar-refractivity contribution in [2.45, 2.75) is 44.9 Å². The van der Waals surface area contributed by atoms with Crippen LogP contribution in [0.15, 0.2) is 6.07 Å². The minimum absolute atomic E-state index is 0. The summed E-state index contributed by atoms with van der Waals surface area (Å²) < 4.78 is 0. The minimum Gasteiger partial charge on any atom is -0.382 e. The van der Waals surface area contributed by atoms with Crippen LogP contribution in [0.25, 0.3) is 0 Å². The van der Waals surface area contributed by atoms with E-state index in [9.17, 15) is 0 Å². The van der Waals surface area contributed by atoms with Crippen molar-refractivity contribution in [3.63, 3.8) is 0 Å². The Morgan fingerprint density at radius 2 is 1.75 bits per heavy atom. The molecule has 2 N–H and O–H groups in total. The van der Waals surface area contributed by atoms with Crippen molar-refractivity contribution in [2.75, 3.05) is 5.73 Å². The molecule has 0 unspecified atom stereocenters. The topological polar surface area (TPSA) is 51.8 Å². The van der Waals surface area contributed by atoms with Gasteiger partial charge in [0, 0.05) is 5.92 Å². The first-order chi connectivity index (χ1) is 6.77. The summed E-state index contributed by atoms with van der Waals surface area (Å²) in [6.07, 6.45) is 6.56. The van der Waals surface area contributed by atoms with E-state index in [0.717, 1.165) is 0 Å². The first-order valence-corrected chi connectivity index (χ1v) is 5.37. The van der Waals surface area contributed by atoms with Crippen LogP contribution in [0, 0.1) is 6.92 Å². The van der Waals surface area contributed by atoms with Crippen LogP contribution in [0.3, 0.4) is 0 Å². The van der Waals surface area contributed by atoms with Gasteiger partial charge in [-0.3, -0.25) is 0 Å². The van der Waals surface area contributed by atoms with Gasteiger partial charge in [0.05, 0.1) is 5.69 Å². The average Bonchev–Trinajstić information content (AvgIpc) is 2.19. The SMILES string of the molecule is Cc1cc(N)nnc1C1CCCCC1.Cl.Cl. The van der Waals surface area contributed by atoms with E-state index in [1.165, 1.54) is 43.4 Å². The van der Waals surface area contributed by atoms with E-state index in [1.807, 2.05) is 6.07 Å². The number of halogens is 2. The molecule has 0 saturated heterocycles. The van der Waals surface area contributed by atoms with Crippen LogP contribution >= 0.6 is 24.8 Å². The molecular weight excluding hydrogens is 245 g/mol. The third-order valence-corrected chi connectivity index (χ3v) is 3.03. The van der Waals surface area contributed by atoms with Gasteiger partial charge in [0.1, 0.15) is 5.82 Å². The Labute approximate surface area is 109 Å². The lowest BCUT2D eigenvalue weighted by Gasteiger charge is -2.21. The molecule has 0 aromatic carbocycles. The molecule has 1 aromatic rings. The van der Waals surface area contributed by atoms with Crippen molar-refractivity contribution in [1.29, 1.82) is 0 Å². The zero-order valence-corrected chi connectivity index (χ0v) is 11.1. The molecule has 92 valence electrons. The second kappa shape index (κ2) is 6.92. The lowest BCUT2D eigenvalue weighted by Crippen LogP contribution is -2.10. The number of hydrogen-bond acceptors (Lipinski definition) is 3. The van der Waals surface area contributed by atoms with Gasteiger partial charge >= 0.3 is 0 Å². The van der Waals surface area contributed by atoms with Crippen LogP contribution in [0.2, 0.25) is 0 Å². The molecule has 1 heterocycles. The molecule has 1 aliphatic carbocycles. The largest absolute Gasteiger partial charge is 0.382 e. The number of rotatable bonds is 1. The maximum absolute atomic E-state index is 5.58. The number of nitrogens with zero attached hydrogens (tertiary/aromatic N) is 2. The maximum Gasteiger partial charge on any atom is 0.146 e. The summed E-state index contributed by atoms with van der Waals surface area (Å²) >= 11 is 0. The van der Waals surface area contributed by atoms with E-state index >= 15 is 0 Å². The summed E-state index contributed by atoms with van der Waals surface area (Å²) in [5.74, 6) is 1.15. The third kappa shape index (κ3) is 3.49. The predicted octanol–water partition coefficient (Wildman–Crippen LogP) is 3.26. The van der Waals surface area contributed by atoms with Crippen LogP contribution in [0.1, 0.15) is 49.3 Å². The molecule has 2 rings (SSSR count). The van der Waals surface area contributed by atoms with Gasteiger partial charge in [-0.15, -0.1) is 29.9 Å². The van der Waals surface area contributed by atoms with E-state index < -0.39 is 0 Å². The highest BCUT2D eigenvalue weighted by molar-refractivity contribution is 5.85. The van der Waals surface area contributed by atoms with E-state index in [4.69, 9.17) is 5.73 Å². The maximum atomic E-state index is 5.58. The molecule has 0 spiro atoms. The first-order valence-electron chi connectivity index (χ1n) is 5.37. The van der Waals surface area contributed by atoms with Crippen molar-refractivity contribution in [3.8, 4) is 0 Å². The smallest absolute Gasteiger partial charge is 0.146 e. The van der Waals surface area contributed by atoms with Crippen LogP contribution < -0.4 is 5.73 Å². The van der Waals surface area contributed by atoms with E-state index in [2.05, 4.69) is 17.1 Å². The summed E-state index contributed by atoms with van der Waals surface area (Å²) in [4.78, 5) is 0. The monoisotopic (exact) mass is 263 g/mol. The zero-order valence-electron chi connectivity index (χ0n) is 9.48. The molecule has 1 fully saturated rings. The van der Waals surface area contributed by atoms with Crippen molar-refractivity contribution < 1.29 is 0 Å². The fourth-order valence-corrected chi connectivity index (χ4v) is 2.29. The summed E-state index contributed by atoms with van der Waals surface area (Å²) in [6.45, 7) is 2.08. The van der Waals surface area contributed by atoms with Gasteiger partial charge in [0.15, 0.2) is 0 Å². The Balaban J connectivity index is 0.00000112. The Morgan fingerprint density at radius 3 is 2.31 bits per heavy atom. The highest BCUT2D eigenvalue weighted by Crippen LogP contribution is 2.32. The lowest BCUT2D eigenvalue weighted by molar-refractivity contribution is 0.432. The van der Waals surface area contributed by atoms with Gasteiger partial charge in [-0.2, -0.15) is 5.10 Å². The number of anilines is 1. The Morgan fingerprint density at radius 1 is 1.12 bits per heavy atom. The summed E-state index contributed by atoms with van der Waals surface area (Å²) in [6, 6.07) is 1.93. The van der Waals surface area contributed by atoms with Gasteiger partial charge in [-0.1, -0.05) is 19.3 Å². The molecule has 0 aliphatic heterocycles. The molecule has 0 radical (unpaired) electrons. The molecule has 1 aliphatic rings. The summed E-state index contributed by atoms with van der Waals surface area (Å²) in [5, 5.41) is 8.17. The van der Waals surface area contributed by atoms with Crippen LogP contribution in [-0.4, -0.2) is 10.2 Å². The molecule has 1 saturated carbocycles. The fraction of sp³-hybridized carbons (Fsp3) is 0.636. The minimum atomic E-state index is 0. The highest BCUT2D eigenvalue weighted by Gasteiger charge is 2.18. The molecule has 5 heteroatoms. The fourth-order valence-electron chi connectivity index (χ4n) is 2.29. The molecular formula is C11H19Cl2N3. The number of nitrogen functional groups attached to an aromatic ring is 1. The van der Waals surface area contributed by atoms with E-state index in [1.54, 1.807) is 0 Å². The van der Waals surface area contributed by atoms with Gasteiger partial charge in [0.25, 0.3) is 0 Å². The Hall–Kier alpha value is -0.540. The van der Waals surface area contributed by atoms with E-state index in [-0.39, 0.29) is 24.8 Å². The number of aryl methyl sites for hydroxylation is 1. The van der Waals surface area contributed by atoms with Crippen molar-refractivity contribution in [1.82, 2.24) is 10.2 Å². The van der Waals surface area contributed by atoms with Gasteiger partial charge in [0.2, 0.25) is 0 Å². The molecule has 0 bridgehead atoms. The average molecular weight is 264 g/mol. The van der Waals surface area contributed by atoms with E-state index in [0.29, 0.717) is 11.7 Å². The number of nitrogens with two attached hydrogens (primary N) is 1. The van der Waals surface area contributed by atoms with Crippen molar-refractivity contribution in [2.24, 2.45) is 0 Å². The Bertz CT molecular complexity index is 325. The van der Waals surface area contributed by atoms with Crippen LogP contribution in [0.4, 0.5) is 5.82 Å². The second-order valence-electron chi connectivity index (χ2n) is 4.17. The standard InChI is InChI=1S/C11H17N3.2ClH/c1-8-7-10(12)13-14-11(8)9-5-3-2-4-6-9;;/h7,9H,2-6H2,1H3,(H2,12,13);2*1H. The number of aromatic nitrogens is 2. The molecule has 3 nitrogen and oxygen atoms in total. The van der Waals surface area contributed by atoms with Gasteiger partial charge in [-0.05, 0) is 31.4 Å². The first kappa shape index (κ1) is 15.5. The van der Waals surface area contributed by atoms with Gasteiger partial charge in [-0.25, -0.2) is 0 Å². The normalized spacial score (nSPS) is 16.1.